The number of benzene rings is 3. The highest BCUT2D eigenvalue weighted by molar-refractivity contribution is 5.96. The van der Waals surface area contributed by atoms with Gasteiger partial charge in [0.2, 0.25) is 0 Å². The van der Waals surface area contributed by atoms with Crippen molar-refractivity contribution in [3.63, 3.8) is 0 Å². The van der Waals surface area contributed by atoms with E-state index in [-0.39, 0.29) is 12.0 Å². The molecule has 0 unspecified atom stereocenters. The number of aromatic amines is 1. The van der Waals surface area contributed by atoms with Crippen molar-refractivity contribution in [3.05, 3.63) is 83.0 Å². The number of H-pyrrole nitrogens is 1. The molecule has 0 atom stereocenters. The summed E-state index contributed by atoms with van der Waals surface area (Å²) < 4.78 is 12.0. The van der Waals surface area contributed by atoms with Crippen LogP contribution in [0.3, 0.4) is 0 Å². The number of nitrogens with zero attached hydrogens (tertiary/aromatic N) is 1. The van der Waals surface area contributed by atoms with Crippen molar-refractivity contribution in [1.29, 1.82) is 0 Å². The number of ether oxygens (including phenoxy) is 1. The first-order valence-corrected chi connectivity index (χ1v) is 9.42. The number of imidazole rings is 1. The molecule has 0 radical (unpaired) electrons. The van der Waals surface area contributed by atoms with Crippen LogP contribution in [0.4, 0.5) is 0 Å². The Kier molecular flexibility index (Phi) is 4.30. The molecule has 0 saturated heterocycles. The Morgan fingerprint density at radius 2 is 1.83 bits per heavy atom. The van der Waals surface area contributed by atoms with Crippen LogP contribution in [-0.2, 0) is 0 Å². The zero-order valence-electron chi connectivity index (χ0n) is 15.9. The Morgan fingerprint density at radius 3 is 2.63 bits per heavy atom. The molecule has 0 aliphatic carbocycles. The summed E-state index contributed by atoms with van der Waals surface area (Å²) >= 11 is 0. The lowest BCUT2D eigenvalue weighted by molar-refractivity contribution is 0.371. The Hall–Kier alpha value is -4.30. The molecule has 5 aromatic rings. The van der Waals surface area contributed by atoms with Gasteiger partial charge >= 0.3 is 0 Å². The summed E-state index contributed by atoms with van der Waals surface area (Å²) in [5, 5.41) is 0.443. The Balaban J connectivity index is 1.83. The summed E-state index contributed by atoms with van der Waals surface area (Å²) in [5.41, 5.74) is 3.30. The van der Waals surface area contributed by atoms with Crippen molar-refractivity contribution in [1.82, 2.24) is 9.97 Å². The molecule has 0 fully saturated rings. The van der Waals surface area contributed by atoms with Crippen molar-refractivity contribution in [2.75, 3.05) is 6.61 Å². The van der Waals surface area contributed by atoms with E-state index in [1.807, 2.05) is 54.6 Å². The average molecular weight is 392 g/mol. The highest BCUT2D eigenvalue weighted by Gasteiger charge is 2.20. The predicted molar refractivity (Wildman–Crippen MR) is 117 cm³/mol. The van der Waals surface area contributed by atoms with E-state index in [9.17, 15) is 4.79 Å². The minimum Gasteiger partial charge on any atom is -0.480 e. The predicted octanol–water partition coefficient (Wildman–Crippen LogP) is 5.02. The molecule has 0 aliphatic rings. The van der Waals surface area contributed by atoms with E-state index >= 15 is 0 Å². The summed E-state index contributed by atoms with van der Waals surface area (Å²) in [6, 6.07) is 22.1. The molecular formula is C25H16N2O3. The SMILES string of the molecule is C#CCOc1ccc2c(=O)cc(-c3ccccc3)oc2c1-c1nc2ccccc2[nH]1. The van der Waals surface area contributed by atoms with Crippen LogP contribution in [0.15, 0.2) is 82.0 Å². The van der Waals surface area contributed by atoms with Gasteiger partial charge in [-0.3, -0.25) is 4.79 Å². The third kappa shape index (κ3) is 3.01. The second kappa shape index (κ2) is 7.26. The van der Waals surface area contributed by atoms with Crippen molar-refractivity contribution in [2.24, 2.45) is 0 Å². The van der Waals surface area contributed by atoms with Gasteiger partial charge in [0.1, 0.15) is 29.5 Å². The highest BCUT2D eigenvalue weighted by atomic mass is 16.5. The van der Waals surface area contributed by atoms with E-state index in [1.54, 1.807) is 12.1 Å². The van der Waals surface area contributed by atoms with E-state index in [4.69, 9.17) is 15.6 Å². The molecule has 0 bridgehead atoms. The molecule has 5 heteroatoms. The Morgan fingerprint density at radius 1 is 1.03 bits per heavy atom. The van der Waals surface area contributed by atoms with Crippen LogP contribution < -0.4 is 10.2 Å². The quantitative estimate of drug-likeness (QED) is 0.436. The zero-order chi connectivity index (χ0) is 20.5. The lowest BCUT2D eigenvalue weighted by Crippen LogP contribution is -2.04. The highest BCUT2D eigenvalue weighted by Crippen LogP contribution is 2.37. The van der Waals surface area contributed by atoms with Crippen LogP contribution in [0.1, 0.15) is 0 Å². The second-order valence-corrected chi connectivity index (χ2v) is 6.75. The molecule has 2 aromatic heterocycles. The summed E-state index contributed by atoms with van der Waals surface area (Å²) in [7, 11) is 0. The number of fused-ring (bicyclic) bond motifs is 2. The molecule has 0 aliphatic heterocycles. The first kappa shape index (κ1) is 17.8. The molecule has 0 saturated carbocycles. The van der Waals surface area contributed by atoms with Crippen molar-refractivity contribution in [2.45, 2.75) is 0 Å². The van der Waals surface area contributed by atoms with Crippen LogP contribution in [-0.4, -0.2) is 16.6 Å². The van der Waals surface area contributed by atoms with Crippen LogP contribution >= 0.6 is 0 Å². The van der Waals surface area contributed by atoms with Gasteiger partial charge in [-0.2, -0.15) is 0 Å². The van der Waals surface area contributed by atoms with E-state index in [0.717, 1.165) is 16.6 Å². The van der Waals surface area contributed by atoms with Gasteiger partial charge in [-0.15, -0.1) is 6.42 Å². The average Bonchev–Trinajstić information content (AvgIpc) is 3.21. The van der Waals surface area contributed by atoms with Crippen LogP contribution in [0.5, 0.6) is 5.75 Å². The number of para-hydroxylation sites is 2. The maximum atomic E-state index is 12.9. The van der Waals surface area contributed by atoms with Crippen molar-refractivity contribution < 1.29 is 9.15 Å². The lowest BCUT2D eigenvalue weighted by Gasteiger charge is -2.11. The molecule has 144 valence electrons. The van der Waals surface area contributed by atoms with Gasteiger partial charge in [-0.25, -0.2) is 4.98 Å². The molecule has 30 heavy (non-hydrogen) atoms. The minimum absolute atomic E-state index is 0.0847. The standard InChI is InChI=1S/C25H16N2O3/c1-2-14-29-21-13-12-17-20(28)15-22(16-8-4-3-5-9-16)30-24(17)23(21)25-26-18-10-6-7-11-19(18)27-25/h1,3-13,15H,14H2,(H,26,27). The summed E-state index contributed by atoms with van der Waals surface area (Å²) in [6.45, 7) is 0.0847. The number of hydrogen-bond acceptors (Lipinski definition) is 4. The normalized spacial score (nSPS) is 10.9. The molecule has 5 nitrogen and oxygen atoms in total. The van der Waals surface area contributed by atoms with Crippen molar-refractivity contribution in [3.8, 4) is 40.8 Å². The summed E-state index contributed by atoms with van der Waals surface area (Å²) in [6.07, 6.45) is 5.39. The van der Waals surface area contributed by atoms with Gasteiger partial charge in [0, 0.05) is 11.6 Å². The largest absolute Gasteiger partial charge is 0.480 e. The number of terminal acetylenes is 1. The molecule has 3 aromatic carbocycles. The van der Waals surface area contributed by atoms with Crippen LogP contribution in [0.25, 0.3) is 44.7 Å². The topological polar surface area (TPSA) is 68.1 Å². The van der Waals surface area contributed by atoms with E-state index in [2.05, 4.69) is 15.9 Å². The van der Waals surface area contributed by atoms with Gasteiger partial charge in [0.25, 0.3) is 0 Å². The number of rotatable bonds is 4. The minimum atomic E-state index is -0.143. The second-order valence-electron chi connectivity index (χ2n) is 6.75. The molecule has 0 spiro atoms. The third-order valence-electron chi connectivity index (χ3n) is 4.85. The number of nitrogens with one attached hydrogen (secondary N) is 1. The van der Waals surface area contributed by atoms with Crippen LogP contribution in [0, 0.1) is 12.3 Å². The van der Waals surface area contributed by atoms with Gasteiger partial charge in [-0.05, 0) is 24.3 Å². The van der Waals surface area contributed by atoms with Gasteiger partial charge in [-0.1, -0.05) is 48.4 Å². The van der Waals surface area contributed by atoms with Gasteiger partial charge in [0.15, 0.2) is 11.0 Å². The van der Waals surface area contributed by atoms with E-state index < -0.39 is 0 Å². The first-order chi connectivity index (χ1) is 14.7. The molecule has 2 heterocycles. The Labute approximate surface area is 172 Å². The number of hydrogen-bond donors (Lipinski definition) is 1. The maximum Gasteiger partial charge on any atom is 0.193 e. The van der Waals surface area contributed by atoms with E-state index in [0.29, 0.717) is 33.9 Å². The van der Waals surface area contributed by atoms with E-state index in [1.165, 1.54) is 6.07 Å². The lowest BCUT2D eigenvalue weighted by atomic mass is 10.1. The molecule has 1 N–H and O–H groups in total. The monoisotopic (exact) mass is 392 g/mol. The smallest absolute Gasteiger partial charge is 0.193 e. The summed E-state index contributed by atoms with van der Waals surface area (Å²) in [5.74, 6) is 3.98. The fourth-order valence-electron chi connectivity index (χ4n) is 3.48. The Bertz CT molecular complexity index is 1440. The van der Waals surface area contributed by atoms with Crippen LogP contribution in [0.2, 0.25) is 0 Å². The number of aromatic nitrogens is 2. The van der Waals surface area contributed by atoms with Crippen molar-refractivity contribution >= 4 is 22.0 Å². The fourth-order valence-corrected chi connectivity index (χ4v) is 3.48. The first-order valence-electron chi connectivity index (χ1n) is 9.42. The summed E-state index contributed by atoms with van der Waals surface area (Å²) in [4.78, 5) is 20.9. The van der Waals surface area contributed by atoms with Gasteiger partial charge < -0.3 is 14.1 Å². The molecular weight excluding hydrogens is 376 g/mol. The third-order valence-corrected chi connectivity index (χ3v) is 4.85. The maximum absolute atomic E-state index is 12.9. The molecule has 0 amide bonds. The molecule has 5 rings (SSSR count). The zero-order valence-corrected chi connectivity index (χ0v) is 15.9. The fraction of sp³-hybridized carbons (Fsp3) is 0.0400. The van der Waals surface area contributed by atoms with Gasteiger partial charge in [0.05, 0.1) is 16.4 Å².